The summed E-state index contributed by atoms with van der Waals surface area (Å²) in [4.78, 5) is 0. The molecule has 0 unspecified atom stereocenters. The Morgan fingerprint density at radius 1 is 1.27 bits per heavy atom. The lowest BCUT2D eigenvalue weighted by molar-refractivity contribution is 0.581. The predicted octanol–water partition coefficient (Wildman–Crippen LogP) is 3.93. The summed E-state index contributed by atoms with van der Waals surface area (Å²) in [5.41, 5.74) is 0.252. The fourth-order valence-corrected chi connectivity index (χ4v) is 1.44. The first-order chi connectivity index (χ1) is 7.15. The zero-order valence-corrected chi connectivity index (χ0v) is 10.1. The molecule has 15 heavy (non-hydrogen) atoms. The van der Waals surface area contributed by atoms with Crippen molar-refractivity contribution in [3.05, 3.63) is 40.4 Å². The van der Waals surface area contributed by atoms with Crippen molar-refractivity contribution in [1.29, 1.82) is 0 Å². The van der Waals surface area contributed by atoms with Crippen molar-refractivity contribution < 1.29 is 8.78 Å². The minimum Gasteiger partial charge on any atom is -0.379 e. The van der Waals surface area contributed by atoms with Gasteiger partial charge in [-0.2, -0.15) is 0 Å². The van der Waals surface area contributed by atoms with Crippen molar-refractivity contribution in [2.45, 2.75) is 0 Å². The molecule has 0 saturated carbocycles. The van der Waals surface area contributed by atoms with Crippen LogP contribution >= 0.6 is 27.5 Å². The minimum atomic E-state index is -0.616. The Kier molecular flexibility index (Phi) is 5.05. The van der Waals surface area contributed by atoms with Gasteiger partial charge in [0.1, 0.15) is 11.6 Å². The van der Waals surface area contributed by atoms with Crippen LogP contribution in [0.3, 0.4) is 0 Å². The summed E-state index contributed by atoms with van der Waals surface area (Å²) < 4.78 is 26.3. The average Bonchev–Trinajstić information content (AvgIpc) is 2.20. The summed E-state index contributed by atoms with van der Waals surface area (Å²) in [6.45, 7) is 0.446. The second-order valence-corrected chi connectivity index (χ2v) is 3.92. The van der Waals surface area contributed by atoms with Crippen molar-refractivity contribution in [1.82, 2.24) is 0 Å². The van der Waals surface area contributed by atoms with E-state index < -0.39 is 11.6 Å². The first-order valence-electron chi connectivity index (χ1n) is 4.24. The number of hydrogen-bond acceptors (Lipinski definition) is 1. The Morgan fingerprint density at radius 2 is 2.00 bits per heavy atom. The van der Waals surface area contributed by atoms with Crippen molar-refractivity contribution >= 4 is 33.2 Å². The first-order valence-corrected chi connectivity index (χ1v) is 5.57. The number of allylic oxidation sites excluding steroid dienone is 1. The number of benzene rings is 1. The third kappa shape index (κ3) is 3.80. The highest BCUT2D eigenvalue weighted by Gasteiger charge is 2.06. The van der Waals surface area contributed by atoms with Gasteiger partial charge in [-0.05, 0) is 22.0 Å². The molecule has 1 aromatic carbocycles. The quantitative estimate of drug-likeness (QED) is 0.504. The molecule has 1 N–H and O–H groups in total. The average molecular weight is 297 g/mol. The van der Waals surface area contributed by atoms with Crippen LogP contribution in [0.5, 0.6) is 0 Å². The maximum Gasteiger partial charge on any atom is 0.149 e. The number of halogens is 4. The van der Waals surface area contributed by atoms with E-state index in [-0.39, 0.29) is 10.2 Å². The lowest BCUT2D eigenvalue weighted by Gasteiger charge is -2.06. The molecule has 0 aliphatic heterocycles. The second-order valence-electron chi connectivity index (χ2n) is 2.75. The van der Waals surface area contributed by atoms with Gasteiger partial charge in [0.25, 0.3) is 0 Å². The summed E-state index contributed by atoms with van der Waals surface area (Å²) in [6.07, 6.45) is 3.51. The minimum absolute atomic E-state index is 0.229. The van der Waals surface area contributed by atoms with Gasteiger partial charge in [-0.1, -0.05) is 12.2 Å². The van der Waals surface area contributed by atoms with Crippen molar-refractivity contribution in [2.75, 3.05) is 17.7 Å². The van der Waals surface area contributed by atoms with Crippen molar-refractivity contribution in [2.24, 2.45) is 0 Å². The molecule has 0 bridgehead atoms. The van der Waals surface area contributed by atoms with E-state index in [1.165, 1.54) is 6.07 Å². The number of rotatable bonds is 4. The molecule has 0 heterocycles. The molecular formula is C10H9BrClF2N. The van der Waals surface area contributed by atoms with E-state index in [9.17, 15) is 8.78 Å². The fourth-order valence-electron chi connectivity index (χ4n) is 0.973. The first kappa shape index (κ1) is 12.5. The number of alkyl halides is 1. The smallest absolute Gasteiger partial charge is 0.149 e. The molecule has 0 aliphatic rings. The van der Waals surface area contributed by atoms with Gasteiger partial charge in [0, 0.05) is 18.5 Å². The van der Waals surface area contributed by atoms with Crippen LogP contribution in [0.25, 0.3) is 0 Å². The van der Waals surface area contributed by atoms with Crippen LogP contribution in [0, 0.1) is 11.6 Å². The predicted molar refractivity (Wildman–Crippen MR) is 62.4 cm³/mol. The zero-order valence-electron chi connectivity index (χ0n) is 7.74. The highest BCUT2D eigenvalue weighted by Crippen LogP contribution is 2.23. The molecule has 1 aromatic rings. The SMILES string of the molecule is Fc1cc(F)c(NC/C=C/CCl)cc1Br. The van der Waals surface area contributed by atoms with Crippen LogP contribution < -0.4 is 5.32 Å². The maximum atomic E-state index is 13.2. The van der Waals surface area contributed by atoms with E-state index in [0.717, 1.165) is 6.07 Å². The van der Waals surface area contributed by atoms with Crippen molar-refractivity contribution in [3.63, 3.8) is 0 Å². The van der Waals surface area contributed by atoms with Crippen LogP contribution in [-0.2, 0) is 0 Å². The molecule has 82 valence electrons. The monoisotopic (exact) mass is 295 g/mol. The largest absolute Gasteiger partial charge is 0.379 e. The van der Waals surface area contributed by atoms with Gasteiger partial charge in [0.05, 0.1) is 10.2 Å². The van der Waals surface area contributed by atoms with Crippen LogP contribution in [-0.4, -0.2) is 12.4 Å². The standard InChI is InChI=1S/C10H9BrClF2N/c11-7-5-10(9(14)6-8(7)13)15-4-2-1-3-12/h1-2,5-6,15H,3-4H2/b2-1+. The van der Waals surface area contributed by atoms with E-state index in [2.05, 4.69) is 21.2 Å². The van der Waals surface area contributed by atoms with Gasteiger partial charge < -0.3 is 5.32 Å². The molecule has 0 radical (unpaired) electrons. The van der Waals surface area contributed by atoms with E-state index in [0.29, 0.717) is 12.4 Å². The number of hydrogen-bond donors (Lipinski definition) is 1. The van der Waals surface area contributed by atoms with E-state index in [1.54, 1.807) is 12.2 Å². The van der Waals surface area contributed by atoms with Crippen LogP contribution in [0.2, 0.25) is 0 Å². The summed E-state index contributed by atoms with van der Waals surface area (Å²) in [5, 5.41) is 2.80. The molecule has 0 atom stereocenters. The summed E-state index contributed by atoms with van der Waals surface area (Å²) in [6, 6.07) is 2.19. The number of nitrogens with one attached hydrogen (secondary N) is 1. The summed E-state index contributed by atoms with van der Waals surface area (Å²) in [7, 11) is 0. The topological polar surface area (TPSA) is 12.0 Å². The molecule has 5 heteroatoms. The Hall–Kier alpha value is -0.610. The third-order valence-corrected chi connectivity index (χ3v) is 2.46. The Balaban J connectivity index is 2.69. The molecule has 0 amide bonds. The molecule has 0 spiro atoms. The Bertz CT molecular complexity index is 369. The Morgan fingerprint density at radius 3 is 2.67 bits per heavy atom. The van der Waals surface area contributed by atoms with E-state index in [1.807, 2.05) is 0 Å². The molecule has 1 rings (SSSR count). The van der Waals surface area contributed by atoms with Crippen LogP contribution in [0.4, 0.5) is 14.5 Å². The molecular weight excluding hydrogens is 287 g/mol. The molecule has 0 aromatic heterocycles. The van der Waals surface area contributed by atoms with Gasteiger partial charge in [-0.15, -0.1) is 11.6 Å². The van der Waals surface area contributed by atoms with E-state index in [4.69, 9.17) is 11.6 Å². The van der Waals surface area contributed by atoms with Crippen molar-refractivity contribution in [3.8, 4) is 0 Å². The van der Waals surface area contributed by atoms with Gasteiger partial charge in [-0.25, -0.2) is 8.78 Å². The van der Waals surface area contributed by atoms with Gasteiger partial charge in [0.15, 0.2) is 0 Å². The lowest BCUT2D eigenvalue weighted by atomic mass is 10.3. The van der Waals surface area contributed by atoms with Crippen LogP contribution in [0.15, 0.2) is 28.8 Å². The van der Waals surface area contributed by atoms with Gasteiger partial charge in [-0.3, -0.25) is 0 Å². The lowest BCUT2D eigenvalue weighted by Crippen LogP contribution is -2.01. The van der Waals surface area contributed by atoms with Gasteiger partial charge >= 0.3 is 0 Å². The highest BCUT2D eigenvalue weighted by molar-refractivity contribution is 9.10. The zero-order chi connectivity index (χ0) is 11.3. The van der Waals surface area contributed by atoms with Crippen LogP contribution in [0.1, 0.15) is 0 Å². The highest BCUT2D eigenvalue weighted by atomic mass is 79.9. The molecule has 0 saturated heterocycles. The summed E-state index contributed by atoms with van der Waals surface area (Å²) >= 11 is 8.40. The van der Waals surface area contributed by atoms with Gasteiger partial charge in [0.2, 0.25) is 0 Å². The Labute approximate surface area is 100 Å². The fraction of sp³-hybridized carbons (Fsp3) is 0.200. The van der Waals surface area contributed by atoms with E-state index >= 15 is 0 Å². The molecule has 0 aliphatic carbocycles. The third-order valence-electron chi connectivity index (χ3n) is 1.68. The normalized spacial score (nSPS) is 10.9. The second kappa shape index (κ2) is 6.08. The molecule has 1 nitrogen and oxygen atoms in total. The number of anilines is 1. The maximum absolute atomic E-state index is 13.2. The summed E-state index contributed by atoms with van der Waals surface area (Å²) in [5.74, 6) is -0.818. The molecule has 0 fully saturated rings.